The van der Waals surface area contributed by atoms with Gasteiger partial charge >= 0.3 is 0 Å². The van der Waals surface area contributed by atoms with Gasteiger partial charge in [-0.25, -0.2) is 0 Å². The lowest BCUT2D eigenvalue weighted by molar-refractivity contribution is 0.103. The average molecular weight is 281 g/mol. The minimum Gasteiger partial charge on any atom is -0.379 e. The van der Waals surface area contributed by atoms with Crippen molar-refractivity contribution in [2.45, 2.75) is 26.8 Å². The molecule has 1 saturated heterocycles. The fourth-order valence-electron chi connectivity index (χ4n) is 2.70. The van der Waals surface area contributed by atoms with Crippen LogP contribution in [0.1, 0.15) is 17.8 Å². The fraction of sp³-hybridized carbons (Fsp3) is 0.800. The van der Waals surface area contributed by atoms with E-state index in [1.807, 2.05) is 6.92 Å². The molecule has 0 unspecified atom stereocenters. The number of hydrogen-bond donors (Lipinski definition) is 0. The summed E-state index contributed by atoms with van der Waals surface area (Å²) in [5.74, 6) is 0.496. The zero-order chi connectivity index (χ0) is 14.4. The first kappa shape index (κ1) is 15.5. The van der Waals surface area contributed by atoms with E-state index in [2.05, 4.69) is 34.7 Å². The van der Waals surface area contributed by atoms with Crippen LogP contribution in [0.25, 0.3) is 0 Å². The lowest BCUT2D eigenvalue weighted by atomic mass is 10.1. The van der Waals surface area contributed by atoms with E-state index in [0.717, 1.165) is 58.2 Å². The highest BCUT2D eigenvalue weighted by atomic mass is 16.5. The van der Waals surface area contributed by atoms with Crippen molar-refractivity contribution in [2.75, 3.05) is 46.6 Å². The van der Waals surface area contributed by atoms with Gasteiger partial charge in [0.05, 0.1) is 32.1 Å². The fourth-order valence-corrected chi connectivity index (χ4v) is 2.70. The first-order chi connectivity index (χ1) is 9.65. The standard InChI is InChI=1S/C15H27N3O2/c1-13-9-14(2)18(16-13)6-4-5-17(3)10-15-11-19-7-8-20-12-15/h9,15H,4-8,10-12H2,1-3H3. The Balaban J connectivity index is 1.66. The van der Waals surface area contributed by atoms with Crippen LogP contribution >= 0.6 is 0 Å². The molecule has 0 bridgehead atoms. The average Bonchev–Trinajstić information content (AvgIpc) is 2.61. The molecule has 20 heavy (non-hydrogen) atoms. The molecule has 0 radical (unpaired) electrons. The molecular formula is C15H27N3O2. The van der Waals surface area contributed by atoms with Gasteiger partial charge in [0.2, 0.25) is 0 Å². The molecule has 0 spiro atoms. The van der Waals surface area contributed by atoms with Gasteiger partial charge in [-0.3, -0.25) is 4.68 Å². The van der Waals surface area contributed by atoms with Gasteiger partial charge in [0, 0.05) is 24.7 Å². The van der Waals surface area contributed by atoms with Crippen LogP contribution in [-0.2, 0) is 16.0 Å². The minimum absolute atomic E-state index is 0.496. The molecular weight excluding hydrogens is 254 g/mol. The monoisotopic (exact) mass is 281 g/mol. The summed E-state index contributed by atoms with van der Waals surface area (Å²) in [5.41, 5.74) is 2.35. The molecule has 0 saturated carbocycles. The van der Waals surface area contributed by atoms with E-state index in [9.17, 15) is 0 Å². The molecule has 1 aliphatic rings. The van der Waals surface area contributed by atoms with Crippen LogP contribution in [-0.4, -0.2) is 61.2 Å². The maximum absolute atomic E-state index is 5.53. The summed E-state index contributed by atoms with van der Waals surface area (Å²) < 4.78 is 13.2. The Morgan fingerprint density at radius 2 is 2.00 bits per heavy atom. The van der Waals surface area contributed by atoms with E-state index < -0.39 is 0 Å². The second kappa shape index (κ2) is 7.76. The van der Waals surface area contributed by atoms with E-state index in [0.29, 0.717) is 5.92 Å². The Kier molecular flexibility index (Phi) is 6.01. The minimum atomic E-state index is 0.496. The van der Waals surface area contributed by atoms with E-state index in [1.54, 1.807) is 0 Å². The van der Waals surface area contributed by atoms with E-state index in [4.69, 9.17) is 9.47 Å². The van der Waals surface area contributed by atoms with Crippen LogP contribution in [0.5, 0.6) is 0 Å². The second-order valence-corrected chi connectivity index (χ2v) is 5.78. The van der Waals surface area contributed by atoms with Gasteiger partial charge in [-0.2, -0.15) is 5.10 Å². The lowest BCUT2D eigenvalue weighted by Crippen LogP contribution is -2.31. The number of aryl methyl sites for hydroxylation is 3. The number of hydrogen-bond acceptors (Lipinski definition) is 4. The highest BCUT2D eigenvalue weighted by Gasteiger charge is 2.15. The Hall–Kier alpha value is -0.910. The summed E-state index contributed by atoms with van der Waals surface area (Å²) in [6.07, 6.45) is 1.12. The second-order valence-electron chi connectivity index (χ2n) is 5.78. The van der Waals surface area contributed by atoms with Gasteiger partial charge in [-0.1, -0.05) is 0 Å². The molecule has 1 aromatic rings. The SMILES string of the molecule is Cc1cc(C)n(CCCN(C)CC2COCCOC2)n1. The third kappa shape index (κ3) is 4.89. The smallest absolute Gasteiger partial charge is 0.0700 e. The largest absolute Gasteiger partial charge is 0.379 e. The summed E-state index contributed by atoms with van der Waals surface area (Å²) in [5, 5.41) is 4.49. The molecule has 1 aromatic heterocycles. The molecule has 114 valence electrons. The van der Waals surface area contributed by atoms with Crippen LogP contribution in [0, 0.1) is 19.8 Å². The van der Waals surface area contributed by atoms with Crippen LogP contribution in [0.15, 0.2) is 6.07 Å². The predicted molar refractivity (Wildman–Crippen MR) is 78.9 cm³/mol. The van der Waals surface area contributed by atoms with Crippen molar-refractivity contribution in [3.05, 3.63) is 17.5 Å². The van der Waals surface area contributed by atoms with Crippen LogP contribution < -0.4 is 0 Å². The molecule has 0 N–H and O–H groups in total. The molecule has 0 aromatic carbocycles. The Morgan fingerprint density at radius 3 is 2.60 bits per heavy atom. The summed E-state index contributed by atoms with van der Waals surface area (Å²) in [6, 6.07) is 2.13. The Bertz CT molecular complexity index is 398. The summed E-state index contributed by atoms with van der Waals surface area (Å²) in [4.78, 5) is 2.37. The quantitative estimate of drug-likeness (QED) is 0.792. The van der Waals surface area contributed by atoms with Crippen molar-refractivity contribution < 1.29 is 9.47 Å². The molecule has 1 aliphatic heterocycles. The van der Waals surface area contributed by atoms with Crippen molar-refractivity contribution in [1.82, 2.24) is 14.7 Å². The van der Waals surface area contributed by atoms with Gasteiger partial charge < -0.3 is 14.4 Å². The molecule has 2 rings (SSSR count). The van der Waals surface area contributed by atoms with Crippen molar-refractivity contribution in [1.29, 1.82) is 0 Å². The zero-order valence-corrected chi connectivity index (χ0v) is 13.0. The van der Waals surface area contributed by atoms with Gasteiger partial charge in [0.15, 0.2) is 0 Å². The van der Waals surface area contributed by atoms with Crippen molar-refractivity contribution in [3.63, 3.8) is 0 Å². The Labute approximate surface area is 121 Å². The summed E-state index contributed by atoms with van der Waals surface area (Å²) in [6.45, 7) is 10.4. The van der Waals surface area contributed by atoms with Gasteiger partial charge in [-0.15, -0.1) is 0 Å². The predicted octanol–water partition coefficient (Wildman–Crippen LogP) is 1.48. The van der Waals surface area contributed by atoms with Crippen LogP contribution in [0.4, 0.5) is 0 Å². The summed E-state index contributed by atoms with van der Waals surface area (Å²) in [7, 11) is 2.17. The molecule has 0 atom stereocenters. The Morgan fingerprint density at radius 1 is 1.30 bits per heavy atom. The molecule has 0 aliphatic carbocycles. The van der Waals surface area contributed by atoms with Crippen LogP contribution in [0.3, 0.4) is 0 Å². The highest BCUT2D eigenvalue weighted by Crippen LogP contribution is 2.07. The number of ether oxygens (including phenoxy) is 2. The topological polar surface area (TPSA) is 39.5 Å². The normalized spacial score (nSPS) is 17.6. The number of rotatable bonds is 6. The maximum atomic E-state index is 5.53. The van der Waals surface area contributed by atoms with E-state index in [-0.39, 0.29) is 0 Å². The highest BCUT2D eigenvalue weighted by molar-refractivity contribution is 5.06. The number of aromatic nitrogens is 2. The lowest BCUT2D eigenvalue weighted by Gasteiger charge is -2.22. The first-order valence-electron chi connectivity index (χ1n) is 7.50. The van der Waals surface area contributed by atoms with Gasteiger partial charge in [0.25, 0.3) is 0 Å². The third-order valence-corrected chi connectivity index (χ3v) is 3.66. The number of nitrogens with zero attached hydrogens (tertiary/aromatic N) is 3. The third-order valence-electron chi connectivity index (χ3n) is 3.66. The molecule has 5 nitrogen and oxygen atoms in total. The molecule has 2 heterocycles. The molecule has 1 fully saturated rings. The van der Waals surface area contributed by atoms with Crippen molar-refractivity contribution >= 4 is 0 Å². The first-order valence-corrected chi connectivity index (χ1v) is 7.50. The van der Waals surface area contributed by atoms with Gasteiger partial charge in [0.1, 0.15) is 0 Å². The van der Waals surface area contributed by atoms with E-state index >= 15 is 0 Å². The van der Waals surface area contributed by atoms with E-state index in [1.165, 1.54) is 5.69 Å². The van der Waals surface area contributed by atoms with Crippen molar-refractivity contribution in [3.8, 4) is 0 Å². The van der Waals surface area contributed by atoms with Crippen LogP contribution in [0.2, 0.25) is 0 Å². The molecule has 5 heteroatoms. The van der Waals surface area contributed by atoms with Crippen molar-refractivity contribution in [2.24, 2.45) is 5.92 Å². The zero-order valence-electron chi connectivity index (χ0n) is 13.0. The van der Waals surface area contributed by atoms with Gasteiger partial charge in [-0.05, 0) is 39.9 Å². The molecule has 0 amide bonds. The maximum Gasteiger partial charge on any atom is 0.0700 e. The summed E-state index contributed by atoms with van der Waals surface area (Å²) >= 11 is 0.